The number of aryl methyl sites for hydroxylation is 1. The molecule has 2 amide bonds. The highest BCUT2D eigenvalue weighted by atomic mass is 35.5. The first kappa shape index (κ1) is 23.6. The highest BCUT2D eigenvalue weighted by molar-refractivity contribution is 7.98. The third kappa shape index (κ3) is 5.00. The summed E-state index contributed by atoms with van der Waals surface area (Å²) in [7, 11) is 0. The van der Waals surface area contributed by atoms with Crippen molar-refractivity contribution in [2.24, 2.45) is 0 Å². The number of hydrogen-bond donors (Lipinski definition) is 0. The van der Waals surface area contributed by atoms with Crippen LogP contribution >= 0.6 is 23.4 Å². The molecule has 3 aromatic rings. The van der Waals surface area contributed by atoms with E-state index < -0.39 is 0 Å². The zero-order valence-electron chi connectivity index (χ0n) is 19.1. The molecule has 2 aromatic heterocycles. The van der Waals surface area contributed by atoms with Gasteiger partial charge in [0.15, 0.2) is 6.61 Å². The van der Waals surface area contributed by atoms with Crippen molar-refractivity contribution in [1.29, 1.82) is 0 Å². The van der Waals surface area contributed by atoms with E-state index in [2.05, 4.69) is 15.1 Å². The number of nitrogens with zero attached hydrogens (tertiary/aromatic N) is 6. The molecule has 1 atom stereocenters. The molecule has 2 aliphatic heterocycles. The summed E-state index contributed by atoms with van der Waals surface area (Å²) in [6, 6.07) is 6.78. The summed E-state index contributed by atoms with van der Waals surface area (Å²) in [4.78, 5) is 37.4. The molecular weight excluding hydrogens is 496 g/mol. The number of anilines is 1. The Morgan fingerprint density at radius 3 is 3.00 bits per heavy atom. The van der Waals surface area contributed by atoms with E-state index in [1.54, 1.807) is 33.7 Å². The maximum atomic E-state index is 13.1. The van der Waals surface area contributed by atoms with Gasteiger partial charge in [0.2, 0.25) is 16.9 Å². The van der Waals surface area contributed by atoms with Crippen LogP contribution in [-0.2, 0) is 14.3 Å². The third-order valence-corrected chi connectivity index (χ3v) is 6.41. The normalized spacial score (nSPS) is 17.9. The van der Waals surface area contributed by atoms with Gasteiger partial charge >= 0.3 is 0 Å². The standard InChI is InChI=1S/C22H23ClN6O5S/c1-13-7-20(29-21(24-13)25-22(26-29)35-2)34-11-15-9-27(5-6-32-15)18(30)10-28-16-8-14(23)3-4-17(16)33-12-19(28)31/h3-4,7-8,15H,5-6,9-12H2,1-2H3. The molecule has 1 fully saturated rings. The zero-order valence-corrected chi connectivity index (χ0v) is 20.7. The van der Waals surface area contributed by atoms with Gasteiger partial charge in [0.05, 0.1) is 18.8 Å². The first-order chi connectivity index (χ1) is 16.9. The summed E-state index contributed by atoms with van der Waals surface area (Å²) in [5.74, 6) is 0.992. The lowest BCUT2D eigenvalue weighted by Gasteiger charge is -2.35. The lowest BCUT2D eigenvalue weighted by molar-refractivity contribution is -0.139. The summed E-state index contributed by atoms with van der Waals surface area (Å²) >= 11 is 7.52. The molecule has 1 unspecified atom stereocenters. The van der Waals surface area contributed by atoms with Crippen LogP contribution in [0.5, 0.6) is 11.6 Å². The van der Waals surface area contributed by atoms with Crippen molar-refractivity contribution in [1.82, 2.24) is 24.5 Å². The summed E-state index contributed by atoms with van der Waals surface area (Å²) < 4.78 is 18.8. The van der Waals surface area contributed by atoms with Crippen LogP contribution in [0.3, 0.4) is 0 Å². The lowest BCUT2D eigenvalue weighted by atomic mass is 10.2. The van der Waals surface area contributed by atoms with Gasteiger partial charge in [0.1, 0.15) is 25.0 Å². The van der Waals surface area contributed by atoms with Gasteiger partial charge in [-0.2, -0.15) is 9.50 Å². The molecule has 5 rings (SSSR count). The summed E-state index contributed by atoms with van der Waals surface area (Å²) in [5, 5.41) is 5.45. The fourth-order valence-corrected chi connectivity index (χ4v) is 4.44. The van der Waals surface area contributed by atoms with Crippen LogP contribution in [0.1, 0.15) is 5.69 Å². The predicted molar refractivity (Wildman–Crippen MR) is 128 cm³/mol. The Morgan fingerprint density at radius 2 is 2.17 bits per heavy atom. The molecule has 0 bridgehead atoms. The van der Waals surface area contributed by atoms with Crippen LogP contribution in [-0.4, -0.2) is 88.1 Å². The highest BCUT2D eigenvalue weighted by Gasteiger charge is 2.31. The smallest absolute Gasteiger partial charge is 0.265 e. The Kier molecular flexibility index (Phi) is 6.67. The van der Waals surface area contributed by atoms with Crippen LogP contribution in [0.2, 0.25) is 5.02 Å². The summed E-state index contributed by atoms with van der Waals surface area (Å²) in [5.41, 5.74) is 1.24. The Balaban J connectivity index is 1.24. The second-order valence-electron chi connectivity index (χ2n) is 8.07. The average Bonchev–Trinajstić information content (AvgIpc) is 3.27. The van der Waals surface area contributed by atoms with Crippen molar-refractivity contribution in [2.45, 2.75) is 18.2 Å². The van der Waals surface area contributed by atoms with Crippen LogP contribution in [0, 0.1) is 6.92 Å². The maximum absolute atomic E-state index is 13.1. The predicted octanol–water partition coefficient (Wildman–Crippen LogP) is 1.84. The van der Waals surface area contributed by atoms with E-state index in [1.807, 2.05) is 13.2 Å². The zero-order chi connectivity index (χ0) is 24.5. The average molecular weight is 519 g/mol. The molecule has 35 heavy (non-hydrogen) atoms. The number of carbonyl (C=O) groups is 2. The van der Waals surface area contributed by atoms with E-state index >= 15 is 0 Å². The van der Waals surface area contributed by atoms with Crippen LogP contribution in [0.4, 0.5) is 5.69 Å². The van der Waals surface area contributed by atoms with Gasteiger partial charge in [0.25, 0.3) is 11.7 Å². The van der Waals surface area contributed by atoms with Gasteiger partial charge in [-0.25, -0.2) is 4.98 Å². The molecule has 4 heterocycles. The quantitative estimate of drug-likeness (QED) is 0.451. The molecule has 0 aliphatic carbocycles. The van der Waals surface area contributed by atoms with Gasteiger partial charge in [0, 0.05) is 23.3 Å². The molecule has 2 aliphatic rings. The van der Waals surface area contributed by atoms with Crippen LogP contribution in [0.25, 0.3) is 5.78 Å². The Labute approximate surface area is 210 Å². The molecule has 0 spiro atoms. The number of ether oxygens (including phenoxy) is 3. The number of aromatic nitrogens is 4. The van der Waals surface area contributed by atoms with Crippen LogP contribution in [0.15, 0.2) is 29.4 Å². The van der Waals surface area contributed by atoms with E-state index in [9.17, 15) is 9.59 Å². The summed E-state index contributed by atoms with van der Waals surface area (Å²) in [6.45, 7) is 2.97. The first-order valence-corrected chi connectivity index (χ1v) is 12.5. The third-order valence-electron chi connectivity index (χ3n) is 5.64. The van der Waals surface area contributed by atoms with Gasteiger partial charge in [-0.3, -0.25) is 14.5 Å². The second-order valence-corrected chi connectivity index (χ2v) is 9.28. The molecule has 184 valence electrons. The minimum atomic E-state index is -0.345. The number of amides is 2. The van der Waals surface area contributed by atoms with Crippen molar-refractivity contribution in [3.8, 4) is 11.6 Å². The highest BCUT2D eigenvalue weighted by Crippen LogP contribution is 2.34. The molecule has 13 heteroatoms. The van der Waals surface area contributed by atoms with Crippen molar-refractivity contribution < 1.29 is 23.8 Å². The van der Waals surface area contributed by atoms with E-state index in [4.69, 9.17) is 25.8 Å². The largest absolute Gasteiger partial charge is 0.482 e. The van der Waals surface area contributed by atoms with Crippen molar-refractivity contribution >= 4 is 46.6 Å². The molecule has 0 saturated carbocycles. The minimum absolute atomic E-state index is 0.107. The molecule has 1 saturated heterocycles. The van der Waals surface area contributed by atoms with E-state index in [0.717, 1.165) is 5.69 Å². The number of benzene rings is 1. The van der Waals surface area contributed by atoms with Crippen LogP contribution < -0.4 is 14.4 Å². The van der Waals surface area contributed by atoms with E-state index in [-0.39, 0.29) is 37.7 Å². The summed E-state index contributed by atoms with van der Waals surface area (Å²) in [6.07, 6.45) is 1.54. The number of hydrogen-bond acceptors (Lipinski definition) is 9. The fourth-order valence-electron chi connectivity index (χ4n) is 3.93. The molecule has 0 radical (unpaired) electrons. The molecule has 0 N–H and O–H groups in total. The number of morpholine rings is 1. The van der Waals surface area contributed by atoms with Gasteiger partial charge in [-0.1, -0.05) is 23.4 Å². The van der Waals surface area contributed by atoms with Crippen molar-refractivity contribution in [3.05, 3.63) is 35.0 Å². The topological polar surface area (TPSA) is 111 Å². The minimum Gasteiger partial charge on any atom is -0.482 e. The Bertz CT molecular complexity index is 1290. The van der Waals surface area contributed by atoms with E-state index in [1.165, 1.54) is 16.7 Å². The second kappa shape index (κ2) is 9.88. The van der Waals surface area contributed by atoms with Gasteiger partial charge < -0.3 is 19.1 Å². The fraction of sp³-hybridized carbons (Fsp3) is 0.409. The monoisotopic (exact) mass is 518 g/mol. The lowest BCUT2D eigenvalue weighted by Crippen LogP contribution is -2.52. The Morgan fingerprint density at radius 1 is 1.31 bits per heavy atom. The van der Waals surface area contributed by atoms with Crippen molar-refractivity contribution in [2.75, 3.05) is 50.6 Å². The maximum Gasteiger partial charge on any atom is 0.265 e. The molecule has 11 nitrogen and oxygen atoms in total. The van der Waals surface area contributed by atoms with Gasteiger partial charge in [-0.05, 0) is 31.4 Å². The number of halogens is 1. The number of rotatable bonds is 6. The van der Waals surface area contributed by atoms with Gasteiger partial charge in [-0.15, -0.1) is 5.10 Å². The molecular formula is C22H23ClN6O5S. The number of thioether (sulfide) groups is 1. The van der Waals surface area contributed by atoms with Crippen molar-refractivity contribution in [3.63, 3.8) is 0 Å². The molecule has 1 aromatic carbocycles. The number of carbonyl (C=O) groups excluding carboxylic acids is 2. The first-order valence-electron chi connectivity index (χ1n) is 10.9. The SMILES string of the molecule is CSc1nc2nc(C)cc(OCC3CN(C(=O)CN4C(=O)COc5ccc(Cl)cc54)CCO3)n2n1. The Hall–Kier alpha value is -3.09. The van der Waals surface area contributed by atoms with E-state index in [0.29, 0.717) is 53.0 Å². The number of fused-ring (bicyclic) bond motifs is 2.